The van der Waals surface area contributed by atoms with Gasteiger partial charge in [-0.1, -0.05) is 11.6 Å². The maximum absolute atomic E-state index is 12.2. The number of H-pyrrole nitrogens is 1. The number of pyridine rings is 1. The van der Waals surface area contributed by atoms with E-state index in [4.69, 9.17) is 16.3 Å². The fraction of sp³-hybridized carbons (Fsp3) is 0.583. The largest absolute Gasteiger partial charge is 0.380 e. The van der Waals surface area contributed by atoms with E-state index >= 15 is 0 Å². The molecule has 0 amide bonds. The van der Waals surface area contributed by atoms with Crippen molar-refractivity contribution in [2.75, 3.05) is 26.8 Å². The summed E-state index contributed by atoms with van der Waals surface area (Å²) in [6.07, 6.45) is 3.54. The van der Waals surface area contributed by atoms with E-state index in [1.165, 1.54) is 24.2 Å². The third-order valence-corrected chi connectivity index (χ3v) is 5.26. The quantitative estimate of drug-likeness (QED) is 0.762. The highest BCUT2D eigenvalue weighted by molar-refractivity contribution is 7.89. The molecule has 1 heterocycles. The number of nitrogens with one attached hydrogen (secondary N) is 1. The minimum absolute atomic E-state index is 0.0354. The second-order valence-corrected chi connectivity index (χ2v) is 7.31. The topological polar surface area (TPSA) is 79.5 Å². The first-order valence-corrected chi connectivity index (χ1v) is 8.15. The molecule has 0 bridgehead atoms. The lowest BCUT2D eigenvalue weighted by Crippen LogP contribution is -2.31. The molecular weight excluding hydrogens is 304 g/mol. The summed E-state index contributed by atoms with van der Waals surface area (Å²) in [6, 6.07) is 1.15. The molecule has 0 saturated heterocycles. The van der Waals surface area contributed by atoms with Crippen LogP contribution >= 0.6 is 11.6 Å². The van der Waals surface area contributed by atoms with Crippen LogP contribution in [0.25, 0.3) is 0 Å². The lowest BCUT2D eigenvalue weighted by molar-refractivity contribution is 0.117. The Bertz CT molecular complexity index is 625. The highest BCUT2D eigenvalue weighted by atomic mass is 35.5. The smallest absolute Gasteiger partial charge is 0.266 e. The predicted molar refractivity (Wildman–Crippen MR) is 75.4 cm³/mol. The van der Waals surface area contributed by atoms with Crippen LogP contribution in [0.2, 0.25) is 5.02 Å². The van der Waals surface area contributed by atoms with Crippen molar-refractivity contribution in [2.24, 2.45) is 5.92 Å². The summed E-state index contributed by atoms with van der Waals surface area (Å²) in [7, 11) is -2.20. The van der Waals surface area contributed by atoms with Gasteiger partial charge in [-0.05, 0) is 24.8 Å². The fourth-order valence-corrected chi connectivity index (χ4v) is 3.00. The fourth-order valence-electron chi connectivity index (χ4n) is 1.61. The zero-order chi connectivity index (χ0) is 14.8. The average Bonchev–Trinajstić information content (AvgIpc) is 3.21. The van der Waals surface area contributed by atoms with Crippen LogP contribution in [0, 0.1) is 5.92 Å². The lowest BCUT2D eigenvalue weighted by Gasteiger charge is -2.17. The van der Waals surface area contributed by atoms with Crippen LogP contribution in [-0.4, -0.2) is 44.5 Å². The molecule has 2 rings (SSSR count). The molecule has 20 heavy (non-hydrogen) atoms. The van der Waals surface area contributed by atoms with Gasteiger partial charge in [0.15, 0.2) is 0 Å². The zero-order valence-electron chi connectivity index (χ0n) is 11.1. The van der Waals surface area contributed by atoms with E-state index in [9.17, 15) is 13.2 Å². The van der Waals surface area contributed by atoms with Gasteiger partial charge in [0.25, 0.3) is 5.56 Å². The molecule has 1 aliphatic carbocycles. The van der Waals surface area contributed by atoms with Crippen molar-refractivity contribution in [1.82, 2.24) is 9.29 Å². The molecule has 0 radical (unpaired) electrons. The average molecular weight is 321 g/mol. The van der Waals surface area contributed by atoms with E-state index in [0.717, 1.165) is 12.3 Å². The molecule has 1 aromatic rings. The van der Waals surface area contributed by atoms with Crippen LogP contribution in [0.15, 0.2) is 22.0 Å². The Balaban J connectivity index is 1.96. The molecule has 1 saturated carbocycles. The standard InChI is InChI=1S/C12H17ClN2O4S/c1-15(4-5-19-8-9-2-3-9)20(17,18)10-6-11(13)12(16)14-7-10/h6-7,9H,2-5,8H2,1H3,(H,14,16). The number of hydrogen-bond acceptors (Lipinski definition) is 4. The summed E-state index contributed by atoms with van der Waals surface area (Å²) in [5.41, 5.74) is -0.513. The number of rotatable bonds is 7. The van der Waals surface area contributed by atoms with Crippen molar-refractivity contribution in [3.63, 3.8) is 0 Å². The summed E-state index contributed by atoms with van der Waals surface area (Å²) < 4.78 is 31.0. The highest BCUT2D eigenvalue weighted by Gasteiger charge is 2.23. The number of aromatic amines is 1. The van der Waals surface area contributed by atoms with E-state index in [1.807, 2.05) is 0 Å². The Labute approximate surface area is 122 Å². The number of nitrogens with zero attached hydrogens (tertiary/aromatic N) is 1. The number of hydrogen-bond donors (Lipinski definition) is 1. The van der Waals surface area contributed by atoms with Crippen molar-refractivity contribution < 1.29 is 13.2 Å². The first-order chi connectivity index (χ1) is 9.41. The van der Waals surface area contributed by atoms with Crippen molar-refractivity contribution in [2.45, 2.75) is 17.7 Å². The van der Waals surface area contributed by atoms with Crippen LogP contribution in [-0.2, 0) is 14.8 Å². The Morgan fingerprint density at radius 3 is 2.80 bits per heavy atom. The number of sulfonamides is 1. The highest BCUT2D eigenvalue weighted by Crippen LogP contribution is 2.28. The van der Waals surface area contributed by atoms with E-state index in [-0.39, 0.29) is 16.5 Å². The summed E-state index contributed by atoms with van der Waals surface area (Å²) in [4.78, 5) is 13.4. The lowest BCUT2D eigenvalue weighted by atomic mass is 10.5. The SMILES string of the molecule is CN(CCOCC1CC1)S(=O)(=O)c1c[nH]c(=O)c(Cl)c1. The van der Waals surface area contributed by atoms with E-state index in [1.54, 1.807) is 0 Å². The maximum Gasteiger partial charge on any atom is 0.266 e. The summed E-state index contributed by atoms with van der Waals surface area (Å²) in [5.74, 6) is 0.648. The normalized spacial score (nSPS) is 15.8. The van der Waals surface area contributed by atoms with Gasteiger partial charge in [-0.3, -0.25) is 4.79 Å². The number of halogens is 1. The van der Waals surface area contributed by atoms with Crippen LogP contribution in [0.5, 0.6) is 0 Å². The molecule has 1 N–H and O–H groups in total. The predicted octanol–water partition coefficient (Wildman–Crippen LogP) is 1.08. The Hall–Kier alpha value is -0.890. The van der Waals surface area contributed by atoms with Gasteiger partial charge in [0, 0.05) is 26.4 Å². The number of likely N-dealkylation sites (N-methyl/N-ethyl adjacent to an activating group) is 1. The van der Waals surface area contributed by atoms with Crippen molar-refractivity contribution in [3.05, 3.63) is 27.6 Å². The molecule has 1 fully saturated rings. The zero-order valence-corrected chi connectivity index (χ0v) is 12.7. The van der Waals surface area contributed by atoms with Crippen LogP contribution in [0.1, 0.15) is 12.8 Å². The second-order valence-electron chi connectivity index (χ2n) is 4.86. The number of ether oxygens (including phenoxy) is 1. The van der Waals surface area contributed by atoms with Crippen LogP contribution in [0.4, 0.5) is 0 Å². The molecule has 1 aromatic heterocycles. The molecule has 112 valence electrons. The minimum Gasteiger partial charge on any atom is -0.380 e. The summed E-state index contributed by atoms with van der Waals surface area (Å²) in [5, 5.41) is -0.149. The van der Waals surface area contributed by atoms with Crippen LogP contribution in [0.3, 0.4) is 0 Å². The van der Waals surface area contributed by atoms with Gasteiger partial charge in [-0.25, -0.2) is 8.42 Å². The monoisotopic (exact) mass is 320 g/mol. The van der Waals surface area contributed by atoms with Gasteiger partial charge in [0.05, 0.1) is 11.5 Å². The van der Waals surface area contributed by atoms with Gasteiger partial charge in [0.1, 0.15) is 5.02 Å². The van der Waals surface area contributed by atoms with Crippen molar-refractivity contribution >= 4 is 21.6 Å². The van der Waals surface area contributed by atoms with Crippen LogP contribution < -0.4 is 5.56 Å². The van der Waals surface area contributed by atoms with Crippen molar-refractivity contribution in [1.29, 1.82) is 0 Å². The molecule has 0 aromatic carbocycles. The first-order valence-electron chi connectivity index (χ1n) is 6.33. The molecule has 0 aliphatic heterocycles. The summed E-state index contributed by atoms with van der Waals surface area (Å²) >= 11 is 5.64. The molecular formula is C12H17ClN2O4S. The maximum atomic E-state index is 12.2. The molecule has 0 atom stereocenters. The molecule has 8 heteroatoms. The van der Waals surface area contributed by atoms with Crippen molar-refractivity contribution in [3.8, 4) is 0 Å². The molecule has 1 aliphatic rings. The first kappa shape index (κ1) is 15.5. The summed E-state index contributed by atoms with van der Waals surface area (Å²) in [6.45, 7) is 1.30. The van der Waals surface area contributed by atoms with E-state index < -0.39 is 15.6 Å². The Morgan fingerprint density at radius 2 is 2.20 bits per heavy atom. The third-order valence-electron chi connectivity index (χ3n) is 3.14. The van der Waals surface area contributed by atoms with Gasteiger partial charge in [-0.2, -0.15) is 4.31 Å². The van der Waals surface area contributed by atoms with E-state index in [0.29, 0.717) is 19.1 Å². The minimum atomic E-state index is -3.66. The third kappa shape index (κ3) is 3.82. The van der Waals surface area contributed by atoms with Gasteiger partial charge < -0.3 is 9.72 Å². The van der Waals surface area contributed by atoms with Gasteiger partial charge >= 0.3 is 0 Å². The molecule has 0 unspecified atom stereocenters. The van der Waals surface area contributed by atoms with E-state index in [2.05, 4.69) is 4.98 Å². The van der Waals surface area contributed by atoms with Gasteiger partial charge in [-0.15, -0.1) is 0 Å². The molecule has 6 nitrogen and oxygen atoms in total. The Morgan fingerprint density at radius 1 is 1.50 bits per heavy atom. The Kier molecular flexibility index (Phi) is 4.85. The van der Waals surface area contributed by atoms with Gasteiger partial charge in [0.2, 0.25) is 10.0 Å². The second kappa shape index (κ2) is 6.26. The molecule has 0 spiro atoms. The number of aromatic nitrogens is 1.